The number of rotatable bonds is 8. The predicted molar refractivity (Wildman–Crippen MR) is 107 cm³/mol. The van der Waals surface area contributed by atoms with Crippen LogP contribution in [0.1, 0.15) is 32.8 Å². The van der Waals surface area contributed by atoms with Gasteiger partial charge in [-0.05, 0) is 37.0 Å². The molecule has 27 heavy (non-hydrogen) atoms. The Labute approximate surface area is 162 Å². The van der Waals surface area contributed by atoms with Crippen LogP contribution in [0.3, 0.4) is 0 Å². The predicted octanol–water partition coefficient (Wildman–Crippen LogP) is 1.93. The molecule has 0 saturated carbocycles. The van der Waals surface area contributed by atoms with Crippen LogP contribution in [0, 0.1) is 5.92 Å². The van der Waals surface area contributed by atoms with Crippen molar-refractivity contribution in [3.8, 4) is 5.75 Å². The highest BCUT2D eigenvalue weighted by Crippen LogP contribution is 2.12. The number of nitrogens with one attached hydrogen (secondary N) is 1. The minimum atomic E-state index is -0.178. The summed E-state index contributed by atoms with van der Waals surface area (Å²) < 4.78 is 5.15. The van der Waals surface area contributed by atoms with E-state index in [9.17, 15) is 9.59 Å². The van der Waals surface area contributed by atoms with Gasteiger partial charge in [0.15, 0.2) is 0 Å². The number of benzene rings is 1. The van der Waals surface area contributed by atoms with Crippen LogP contribution in [0.5, 0.6) is 5.75 Å². The van der Waals surface area contributed by atoms with Gasteiger partial charge in [-0.3, -0.25) is 14.5 Å². The fourth-order valence-corrected chi connectivity index (χ4v) is 3.27. The van der Waals surface area contributed by atoms with Gasteiger partial charge in [-0.25, -0.2) is 0 Å². The fraction of sp³-hybridized carbons (Fsp3) is 0.619. The Hall–Kier alpha value is -2.08. The van der Waals surface area contributed by atoms with Gasteiger partial charge < -0.3 is 15.0 Å². The van der Waals surface area contributed by atoms with Gasteiger partial charge in [-0.15, -0.1) is 0 Å². The molecule has 2 amide bonds. The van der Waals surface area contributed by atoms with E-state index in [4.69, 9.17) is 4.74 Å². The second-order valence-electron chi connectivity index (χ2n) is 7.58. The third-order valence-electron chi connectivity index (χ3n) is 5.05. The van der Waals surface area contributed by atoms with Crippen molar-refractivity contribution in [3.05, 3.63) is 29.8 Å². The first kappa shape index (κ1) is 21.2. The maximum absolute atomic E-state index is 12.4. The third kappa shape index (κ3) is 6.54. The molecule has 0 spiro atoms. The highest BCUT2D eigenvalue weighted by Gasteiger charge is 2.27. The summed E-state index contributed by atoms with van der Waals surface area (Å²) in [6.45, 7) is 9.58. The van der Waals surface area contributed by atoms with Crippen LogP contribution >= 0.6 is 0 Å². The molecular formula is C21H33N3O3. The molecule has 1 saturated heterocycles. The molecule has 2 rings (SSSR count). The van der Waals surface area contributed by atoms with Crippen LogP contribution in [-0.4, -0.2) is 67.5 Å². The summed E-state index contributed by atoms with van der Waals surface area (Å²) in [6, 6.07) is 7.71. The van der Waals surface area contributed by atoms with Gasteiger partial charge in [-0.2, -0.15) is 0 Å². The second kappa shape index (κ2) is 10.3. The quantitative estimate of drug-likeness (QED) is 0.754. The van der Waals surface area contributed by atoms with Gasteiger partial charge in [0.05, 0.1) is 13.2 Å². The lowest BCUT2D eigenvalue weighted by Gasteiger charge is -2.37. The minimum absolute atomic E-state index is 0.0467. The average molecular weight is 376 g/mol. The number of nitrogens with zero attached hydrogens (tertiary/aromatic N) is 2. The lowest BCUT2D eigenvalue weighted by molar-refractivity contribution is -0.134. The smallest absolute Gasteiger partial charge is 0.237 e. The van der Waals surface area contributed by atoms with Crippen molar-refractivity contribution in [1.82, 2.24) is 15.1 Å². The van der Waals surface area contributed by atoms with E-state index in [1.165, 1.54) is 5.56 Å². The van der Waals surface area contributed by atoms with Gasteiger partial charge in [0, 0.05) is 39.1 Å². The number of hydrogen-bond acceptors (Lipinski definition) is 4. The van der Waals surface area contributed by atoms with Crippen LogP contribution in [0.25, 0.3) is 0 Å². The molecule has 0 radical (unpaired) electrons. The van der Waals surface area contributed by atoms with Gasteiger partial charge in [0.1, 0.15) is 5.75 Å². The fourth-order valence-electron chi connectivity index (χ4n) is 3.27. The van der Waals surface area contributed by atoms with Crippen LogP contribution in [0.4, 0.5) is 0 Å². The highest BCUT2D eigenvalue weighted by atomic mass is 16.5. The molecule has 6 heteroatoms. The molecule has 0 aromatic heterocycles. The van der Waals surface area contributed by atoms with Crippen molar-refractivity contribution in [3.63, 3.8) is 0 Å². The molecule has 1 aliphatic rings. The van der Waals surface area contributed by atoms with Crippen LogP contribution in [-0.2, 0) is 16.0 Å². The first-order valence-electron chi connectivity index (χ1n) is 9.83. The van der Waals surface area contributed by atoms with E-state index in [1.54, 1.807) is 7.11 Å². The van der Waals surface area contributed by atoms with E-state index in [0.717, 1.165) is 25.3 Å². The largest absolute Gasteiger partial charge is 0.497 e. The van der Waals surface area contributed by atoms with Gasteiger partial charge >= 0.3 is 0 Å². The Morgan fingerprint density at radius 3 is 2.26 bits per heavy atom. The first-order valence-corrected chi connectivity index (χ1v) is 9.83. The highest BCUT2D eigenvalue weighted by molar-refractivity contribution is 5.81. The lowest BCUT2D eigenvalue weighted by Crippen LogP contribution is -2.55. The number of ether oxygens (including phenoxy) is 1. The summed E-state index contributed by atoms with van der Waals surface area (Å²) in [7, 11) is 1.65. The molecular weight excluding hydrogens is 342 g/mol. The average Bonchev–Trinajstić information content (AvgIpc) is 2.67. The van der Waals surface area contributed by atoms with E-state index in [-0.39, 0.29) is 17.9 Å². The zero-order valence-electron chi connectivity index (χ0n) is 17.0. The minimum Gasteiger partial charge on any atom is -0.497 e. The normalized spacial score (nSPS) is 16.3. The molecule has 1 aromatic carbocycles. The summed E-state index contributed by atoms with van der Waals surface area (Å²) in [5.41, 5.74) is 1.17. The second-order valence-corrected chi connectivity index (χ2v) is 7.58. The van der Waals surface area contributed by atoms with Gasteiger partial charge in [0.25, 0.3) is 0 Å². The molecule has 1 aromatic rings. The molecule has 0 bridgehead atoms. The van der Waals surface area contributed by atoms with E-state index < -0.39 is 0 Å². The number of piperazine rings is 1. The summed E-state index contributed by atoms with van der Waals surface area (Å²) >= 11 is 0. The Morgan fingerprint density at radius 1 is 1.07 bits per heavy atom. The summed E-state index contributed by atoms with van der Waals surface area (Å²) in [6.07, 6.45) is 1.39. The van der Waals surface area contributed by atoms with Crippen molar-refractivity contribution in [2.45, 2.75) is 39.7 Å². The molecule has 150 valence electrons. The van der Waals surface area contributed by atoms with E-state index >= 15 is 0 Å². The summed E-state index contributed by atoms with van der Waals surface area (Å²) in [5.74, 6) is 1.49. The number of hydrogen-bond donors (Lipinski definition) is 1. The monoisotopic (exact) mass is 375 g/mol. The standard InChI is InChI=1S/C21H33N3O3/c1-16(2)15-20(25)24-13-11-23(12-14-24)17(3)21(26)22-10-9-18-5-7-19(27-4)8-6-18/h5-8,16-17H,9-15H2,1-4H3,(H,22,26). The first-order chi connectivity index (χ1) is 12.9. The Bertz CT molecular complexity index is 608. The van der Waals surface area contributed by atoms with Crippen molar-refractivity contribution < 1.29 is 14.3 Å². The molecule has 1 atom stereocenters. The molecule has 1 fully saturated rings. The molecule has 1 unspecified atom stereocenters. The maximum Gasteiger partial charge on any atom is 0.237 e. The Balaban J connectivity index is 1.71. The molecule has 1 N–H and O–H groups in total. The zero-order chi connectivity index (χ0) is 19.8. The van der Waals surface area contributed by atoms with Crippen LogP contribution in [0.15, 0.2) is 24.3 Å². The SMILES string of the molecule is COc1ccc(CCNC(=O)C(C)N2CCN(C(=O)CC(C)C)CC2)cc1. The topological polar surface area (TPSA) is 61.9 Å². The van der Waals surface area contributed by atoms with Crippen molar-refractivity contribution in [1.29, 1.82) is 0 Å². The molecule has 0 aliphatic carbocycles. The Kier molecular flexibility index (Phi) is 8.10. The summed E-state index contributed by atoms with van der Waals surface area (Å²) in [5, 5.41) is 3.02. The lowest BCUT2D eigenvalue weighted by atomic mass is 10.1. The van der Waals surface area contributed by atoms with E-state index in [0.29, 0.717) is 32.0 Å². The van der Waals surface area contributed by atoms with Crippen LogP contribution in [0.2, 0.25) is 0 Å². The van der Waals surface area contributed by atoms with Crippen molar-refractivity contribution in [2.24, 2.45) is 5.92 Å². The summed E-state index contributed by atoms with van der Waals surface area (Å²) in [4.78, 5) is 28.7. The number of carbonyl (C=O) groups excluding carboxylic acids is 2. The number of methoxy groups -OCH3 is 1. The maximum atomic E-state index is 12.4. The van der Waals surface area contributed by atoms with Gasteiger partial charge in [-0.1, -0.05) is 26.0 Å². The Morgan fingerprint density at radius 2 is 1.70 bits per heavy atom. The number of amides is 2. The van der Waals surface area contributed by atoms with Crippen molar-refractivity contribution in [2.75, 3.05) is 39.8 Å². The molecule has 1 heterocycles. The zero-order valence-corrected chi connectivity index (χ0v) is 17.0. The van der Waals surface area contributed by atoms with E-state index in [2.05, 4.69) is 24.1 Å². The van der Waals surface area contributed by atoms with Crippen molar-refractivity contribution >= 4 is 11.8 Å². The molecule has 6 nitrogen and oxygen atoms in total. The van der Waals surface area contributed by atoms with Gasteiger partial charge in [0.2, 0.25) is 11.8 Å². The number of carbonyl (C=O) groups is 2. The van der Waals surface area contributed by atoms with Crippen LogP contribution < -0.4 is 10.1 Å². The molecule has 1 aliphatic heterocycles. The van der Waals surface area contributed by atoms with E-state index in [1.807, 2.05) is 36.1 Å². The third-order valence-corrected chi connectivity index (χ3v) is 5.05.